The number of hydrogen-bond acceptors (Lipinski definition) is 4. The van der Waals surface area contributed by atoms with Crippen molar-refractivity contribution in [3.63, 3.8) is 0 Å². The van der Waals surface area contributed by atoms with Crippen molar-refractivity contribution in [3.05, 3.63) is 35.1 Å². The normalized spacial score (nSPS) is 11.8. The maximum absolute atomic E-state index is 13.1. The molecule has 1 aromatic carbocycles. The van der Waals surface area contributed by atoms with Gasteiger partial charge in [-0.15, -0.1) is 0 Å². The summed E-state index contributed by atoms with van der Waals surface area (Å²) in [7, 11) is 0. The van der Waals surface area contributed by atoms with E-state index in [-0.39, 0.29) is 12.4 Å². The van der Waals surface area contributed by atoms with Gasteiger partial charge < -0.3 is 21.4 Å². The van der Waals surface area contributed by atoms with Gasteiger partial charge in [-0.2, -0.15) is 0 Å². The van der Waals surface area contributed by atoms with Crippen molar-refractivity contribution < 1.29 is 14.7 Å². The van der Waals surface area contributed by atoms with E-state index in [0.717, 1.165) is 31.4 Å². The molecule has 19 heavy (non-hydrogen) atoms. The minimum atomic E-state index is -0.423. The van der Waals surface area contributed by atoms with E-state index in [1.807, 2.05) is 0 Å². The fraction of sp³-hybridized carbons (Fsp3) is 0.462. The molecule has 0 atom stereocenters. The molecule has 0 radical (unpaired) electrons. The van der Waals surface area contributed by atoms with E-state index in [2.05, 4.69) is 10.5 Å². The van der Waals surface area contributed by atoms with Crippen LogP contribution in [0.4, 0.5) is 4.39 Å². The van der Waals surface area contributed by atoms with E-state index in [9.17, 15) is 4.39 Å². The Bertz CT molecular complexity index is 424. The predicted molar refractivity (Wildman–Crippen MR) is 71.6 cm³/mol. The van der Waals surface area contributed by atoms with E-state index in [4.69, 9.17) is 16.0 Å². The van der Waals surface area contributed by atoms with Gasteiger partial charge in [-0.25, -0.2) is 4.39 Å². The number of halogens is 1. The number of nitrogens with two attached hydrogens (primary N) is 1. The molecule has 0 spiro atoms. The molecule has 0 unspecified atom stereocenters. The smallest absolute Gasteiger partial charge is 0.170 e. The lowest BCUT2D eigenvalue weighted by Gasteiger charge is -2.09. The van der Waals surface area contributed by atoms with Gasteiger partial charge in [-0.1, -0.05) is 11.2 Å². The Kier molecular flexibility index (Phi) is 6.84. The highest BCUT2D eigenvalue weighted by Gasteiger charge is 2.08. The standard InChI is InChI=1S/C13H20FN3O2/c14-11-5-4-10(12(8-11)13(15)17-19)9-16-6-2-1-3-7-18/h4-5,8,16,18-19H,1-3,6-7,9H2,(H2,15,17). The Morgan fingerprint density at radius 1 is 1.32 bits per heavy atom. The van der Waals surface area contributed by atoms with Gasteiger partial charge in [0.2, 0.25) is 0 Å². The van der Waals surface area contributed by atoms with Crippen molar-refractivity contribution >= 4 is 5.84 Å². The molecule has 1 rings (SSSR count). The lowest BCUT2D eigenvalue weighted by molar-refractivity contribution is 0.283. The zero-order chi connectivity index (χ0) is 14.1. The Balaban J connectivity index is 2.53. The van der Waals surface area contributed by atoms with Crippen molar-refractivity contribution in [3.8, 4) is 0 Å². The molecule has 1 aromatic rings. The van der Waals surface area contributed by atoms with Gasteiger partial charge in [-0.05, 0) is 43.5 Å². The molecule has 5 nitrogen and oxygen atoms in total. The van der Waals surface area contributed by atoms with Crippen molar-refractivity contribution in [2.24, 2.45) is 10.9 Å². The first-order valence-corrected chi connectivity index (χ1v) is 6.27. The van der Waals surface area contributed by atoms with Crippen LogP contribution in [0.25, 0.3) is 0 Å². The van der Waals surface area contributed by atoms with E-state index in [0.29, 0.717) is 12.1 Å². The van der Waals surface area contributed by atoms with Gasteiger partial charge in [0.25, 0.3) is 0 Å². The lowest BCUT2D eigenvalue weighted by atomic mass is 10.1. The summed E-state index contributed by atoms with van der Waals surface area (Å²) in [5.74, 6) is -0.523. The molecule has 0 aliphatic heterocycles. The maximum atomic E-state index is 13.1. The summed E-state index contributed by atoms with van der Waals surface area (Å²) in [5.41, 5.74) is 6.68. The summed E-state index contributed by atoms with van der Waals surface area (Å²) in [5, 5.41) is 23.4. The molecule has 0 aromatic heterocycles. The second-order valence-electron chi connectivity index (χ2n) is 4.25. The average Bonchev–Trinajstić information content (AvgIpc) is 2.43. The molecule has 0 saturated carbocycles. The Morgan fingerprint density at radius 3 is 2.79 bits per heavy atom. The van der Waals surface area contributed by atoms with Crippen molar-refractivity contribution in [2.45, 2.75) is 25.8 Å². The molecule has 0 aliphatic rings. The number of oxime groups is 1. The van der Waals surface area contributed by atoms with Crippen LogP contribution < -0.4 is 11.1 Å². The number of aliphatic hydroxyl groups excluding tert-OH is 1. The number of rotatable bonds is 8. The summed E-state index contributed by atoms with van der Waals surface area (Å²) >= 11 is 0. The van der Waals surface area contributed by atoms with Crippen LogP contribution in [0, 0.1) is 5.82 Å². The van der Waals surface area contributed by atoms with Crippen LogP contribution >= 0.6 is 0 Å². The van der Waals surface area contributed by atoms with E-state index >= 15 is 0 Å². The molecule has 0 fully saturated rings. The second kappa shape index (κ2) is 8.44. The molecular formula is C13H20FN3O2. The quantitative estimate of drug-likeness (QED) is 0.187. The highest BCUT2D eigenvalue weighted by Crippen LogP contribution is 2.11. The second-order valence-corrected chi connectivity index (χ2v) is 4.25. The molecule has 0 heterocycles. The van der Waals surface area contributed by atoms with Crippen LogP contribution in [0.5, 0.6) is 0 Å². The summed E-state index contributed by atoms with van der Waals surface area (Å²) in [6.45, 7) is 1.53. The van der Waals surface area contributed by atoms with Gasteiger partial charge in [0.15, 0.2) is 5.84 Å². The first kappa shape index (κ1) is 15.4. The number of unbranched alkanes of at least 4 members (excludes halogenated alkanes) is 2. The molecule has 6 heteroatoms. The Morgan fingerprint density at radius 2 is 2.11 bits per heavy atom. The number of amidine groups is 1. The Hall–Kier alpha value is -1.66. The van der Waals surface area contributed by atoms with E-state index in [1.165, 1.54) is 12.1 Å². The fourth-order valence-electron chi connectivity index (χ4n) is 1.76. The summed E-state index contributed by atoms with van der Waals surface area (Å²) in [6, 6.07) is 4.21. The third-order valence-electron chi connectivity index (χ3n) is 2.78. The zero-order valence-electron chi connectivity index (χ0n) is 10.8. The van der Waals surface area contributed by atoms with Crippen molar-refractivity contribution in [1.82, 2.24) is 5.32 Å². The topological polar surface area (TPSA) is 90.9 Å². The molecule has 106 valence electrons. The molecule has 0 amide bonds. The molecule has 0 bridgehead atoms. The third-order valence-corrected chi connectivity index (χ3v) is 2.78. The summed E-state index contributed by atoms with van der Waals surface area (Å²) < 4.78 is 13.1. The highest BCUT2D eigenvalue weighted by atomic mass is 19.1. The molecule has 0 aliphatic carbocycles. The van der Waals surface area contributed by atoms with Gasteiger partial charge >= 0.3 is 0 Å². The van der Waals surface area contributed by atoms with Crippen LogP contribution in [0.2, 0.25) is 0 Å². The van der Waals surface area contributed by atoms with Gasteiger partial charge in [0.05, 0.1) is 0 Å². The summed E-state index contributed by atoms with van der Waals surface area (Å²) in [4.78, 5) is 0. The minimum absolute atomic E-state index is 0.100. The maximum Gasteiger partial charge on any atom is 0.170 e. The number of nitrogens with one attached hydrogen (secondary N) is 1. The van der Waals surface area contributed by atoms with Crippen LogP contribution in [0.1, 0.15) is 30.4 Å². The fourth-order valence-corrected chi connectivity index (χ4v) is 1.76. The van der Waals surface area contributed by atoms with Crippen LogP contribution in [0.15, 0.2) is 23.4 Å². The lowest BCUT2D eigenvalue weighted by Crippen LogP contribution is -2.21. The van der Waals surface area contributed by atoms with Crippen LogP contribution in [0.3, 0.4) is 0 Å². The minimum Gasteiger partial charge on any atom is -0.409 e. The number of hydrogen-bond donors (Lipinski definition) is 4. The average molecular weight is 269 g/mol. The monoisotopic (exact) mass is 269 g/mol. The zero-order valence-corrected chi connectivity index (χ0v) is 10.8. The largest absolute Gasteiger partial charge is 0.409 e. The van der Waals surface area contributed by atoms with Crippen LogP contribution in [-0.2, 0) is 6.54 Å². The molecule has 5 N–H and O–H groups in total. The molecule has 0 saturated heterocycles. The van der Waals surface area contributed by atoms with E-state index < -0.39 is 5.82 Å². The van der Waals surface area contributed by atoms with Gasteiger partial charge in [0.1, 0.15) is 5.82 Å². The SMILES string of the molecule is N/C(=N/O)c1cc(F)ccc1CNCCCCCO. The number of benzene rings is 1. The van der Waals surface area contributed by atoms with Crippen molar-refractivity contribution in [1.29, 1.82) is 0 Å². The summed E-state index contributed by atoms with van der Waals surface area (Å²) in [6.07, 6.45) is 2.72. The van der Waals surface area contributed by atoms with Gasteiger partial charge in [-0.3, -0.25) is 0 Å². The van der Waals surface area contributed by atoms with Gasteiger partial charge in [0, 0.05) is 18.7 Å². The number of aliphatic hydroxyl groups is 1. The predicted octanol–water partition coefficient (Wildman–Crippen LogP) is 1.17. The first-order chi connectivity index (χ1) is 9.19. The number of nitrogens with zero attached hydrogens (tertiary/aromatic N) is 1. The van der Waals surface area contributed by atoms with Crippen molar-refractivity contribution in [2.75, 3.05) is 13.2 Å². The molecular weight excluding hydrogens is 249 g/mol. The van der Waals surface area contributed by atoms with E-state index in [1.54, 1.807) is 6.07 Å². The first-order valence-electron chi connectivity index (χ1n) is 6.27. The highest BCUT2D eigenvalue weighted by molar-refractivity contribution is 5.98. The third kappa shape index (κ3) is 5.23. The Labute approximate surface area is 111 Å². The van der Waals surface area contributed by atoms with Crippen LogP contribution in [-0.4, -0.2) is 29.3 Å².